The number of para-hydroxylation sites is 1. The number of carbonyl (C=O) groups excluding carboxylic acids is 2. The smallest absolute Gasteiger partial charge is 0.414 e. The van der Waals surface area contributed by atoms with Crippen LogP contribution >= 0.6 is 0 Å². The van der Waals surface area contributed by atoms with Gasteiger partial charge in [0.25, 0.3) is 5.91 Å². The number of hydrogen-bond donors (Lipinski definition) is 1. The fourth-order valence-electron chi connectivity index (χ4n) is 4.19. The van der Waals surface area contributed by atoms with E-state index in [2.05, 4.69) is 0 Å². The van der Waals surface area contributed by atoms with Gasteiger partial charge in [0.15, 0.2) is 6.10 Å². The number of nitrogens with zero attached hydrogens (tertiary/aromatic N) is 2. The van der Waals surface area contributed by atoms with Crippen LogP contribution in [-0.4, -0.2) is 48.8 Å². The zero-order valence-corrected chi connectivity index (χ0v) is 17.8. The fourth-order valence-corrected chi connectivity index (χ4v) is 4.19. The van der Waals surface area contributed by atoms with Gasteiger partial charge < -0.3 is 20.1 Å². The molecule has 2 aromatic carbocycles. The number of halogens is 3. The van der Waals surface area contributed by atoms with Gasteiger partial charge in [-0.2, -0.15) is 13.2 Å². The van der Waals surface area contributed by atoms with E-state index in [0.29, 0.717) is 24.1 Å². The van der Waals surface area contributed by atoms with E-state index in [9.17, 15) is 22.8 Å². The van der Waals surface area contributed by atoms with Crippen molar-refractivity contribution in [3.05, 3.63) is 59.7 Å². The van der Waals surface area contributed by atoms with Crippen molar-refractivity contribution in [2.24, 2.45) is 0 Å². The van der Waals surface area contributed by atoms with E-state index >= 15 is 0 Å². The molecule has 1 atom stereocenters. The summed E-state index contributed by atoms with van der Waals surface area (Å²) in [6, 6.07) is 13.3. The Morgan fingerprint density at radius 1 is 1.12 bits per heavy atom. The maximum absolute atomic E-state index is 13.1. The molecule has 2 aromatic rings. The van der Waals surface area contributed by atoms with Gasteiger partial charge in [-0.25, -0.2) is 4.79 Å². The number of anilines is 2. The van der Waals surface area contributed by atoms with Gasteiger partial charge in [-0.1, -0.05) is 30.3 Å². The van der Waals surface area contributed by atoms with Crippen molar-refractivity contribution in [2.75, 3.05) is 30.3 Å². The third-order valence-corrected chi connectivity index (χ3v) is 5.82. The summed E-state index contributed by atoms with van der Waals surface area (Å²) in [7, 11) is 0. The molecule has 2 heterocycles. The van der Waals surface area contributed by atoms with Gasteiger partial charge in [-0.15, -0.1) is 0 Å². The van der Waals surface area contributed by atoms with Crippen LogP contribution in [0.2, 0.25) is 0 Å². The molecular weight excluding hydrogens is 439 g/mol. The Morgan fingerprint density at radius 3 is 2.45 bits per heavy atom. The number of alkyl halides is 3. The first-order chi connectivity index (χ1) is 15.7. The Kier molecular flexibility index (Phi) is 6.46. The van der Waals surface area contributed by atoms with E-state index in [-0.39, 0.29) is 25.7 Å². The minimum atomic E-state index is -4.57. The molecule has 0 radical (unpaired) electrons. The summed E-state index contributed by atoms with van der Waals surface area (Å²) in [6.45, 7) is -0.782. The lowest BCUT2D eigenvalue weighted by Crippen LogP contribution is -2.51. The van der Waals surface area contributed by atoms with Crippen molar-refractivity contribution in [3.8, 4) is 0 Å². The summed E-state index contributed by atoms with van der Waals surface area (Å²) < 4.78 is 48.7. The second-order valence-electron chi connectivity index (χ2n) is 8.08. The quantitative estimate of drug-likeness (QED) is 0.677. The van der Waals surface area contributed by atoms with E-state index in [0.717, 1.165) is 11.3 Å². The predicted molar refractivity (Wildman–Crippen MR) is 114 cm³/mol. The fraction of sp³-hybridized carbons (Fsp3) is 0.391. The third-order valence-electron chi connectivity index (χ3n) is 5.82. The first kappa shape index (κ1) is 22.9. The van der Waals surface area contributed by atoms with E-state index < -0.39 is 30.9 Å². The zero-order valence-electron chi connectivity index (χ0n) is 17.8. The van der Waals surface area contributed by atoms with Crippen LogP contribution in [0.15, 0.2) is 48.5 Å². The molecule has 2 N–H and O–H groups in total. The van der Waals surface area contributed by atoms with Crippen molar-refractivity contribution in [2.45, 2.75) is 37.8 Å². The number of ether oxygens (including phenoxy) is 2. The summed E-state index contributed by atoms with van der Waals surface area (Å²) in [5.41, 5.74) is 8.07. The molecule has 7 nitrogen and oxygen atoms in total. The monoisotopic (exact) mass is 463 g/mol. The second-order valence-corrected chi connectivity index (χ2v) is 8.08. The maximum atomic E-state index is 13.1. The molecule has 0 spiro atoms. The van der Waals surface area contributed by atoms with Gasteiger partial charge in [0.05, 0.1) is 5.69 Å². The Balaban J connectivity index is 1.46. The van der Waals surface area contributed by atoms with Crippen LogP contribution in [0.1, 0.15) is 30.1 Å². The molecule has 4 rings (SSSR count). The van der Waals surface area contributed by atoms with E-state index in [1.54, 1.807) is 4.90 Å². The average Bonchev–Trinajstić information content (AvgIpc) is 2.79. The number of fused-ring (bicyclic) bond motifs is 1. The summed E-state index contributed by atoms with van der Waals surface area (Å²) >= 11 is 0. The minimum Gasteiger partial charge on any atom is -0.444 e. The number of nitrogens with two attached hydrogens (primary N) is 1. The van der Waals surface area contributed by atoms with Crippen LogP contribution in [0, 0.1) is 0 Å². The van der Waals surface area contributed by atoms with Gasteiger partial charge in [0, 0.05) is 30.4 Å². The van der Waals surface area contributed by atoms with Crippen LogP contribution in [0.25, 0.3) is 0 Å². The molecule has 10 heteroatoms. The summed E-state index contributed by atoms with van der Waals surface area (Å²) in [5.74, 6) is -0.552. The zero-order chi connectivity index (χ0) is 23.6. The largest absolute Gasteiger partial charge is 0.444 e. The molecule has 0 saturated carbocycles. The molecule has 176 valence electrons. The van der Waals surface area contributed by atoms with Gasteiger partial charge in [-0.05, 0) is 36.6 Å². The molecule has 2 aliphatic rings. The lowest BCUT2D eigenvalue weighted by Gasteiger charge is -2.40. The number of rotatable bonds is 5. The van der Waals surface area contributed by atoms with Crippen LogP contribution in [0.5, 0.6) is 0 Å². The highest BCUT2D eigenvalue weighted by atomic mass is 19.4. The number of amides is 2. The highest BCUT2D eigenvalue weighted by Gasteiger charge is 2.38. The molecular formula is C23H24F3N3O4. The lowest BCUT2D eigenvalue weighted by molar-refractivity contribution is -0.191. The number of nitrogen functional groups attached to an aromatic ring is 1. The lowest BCUT2D eigenvalue weighted by atomic mass is 9.99. The van der Waals surface area contributed by atoms with Crippen molar-refractivity contribution in [3.63, 3.8) is 0 Å². The molecule has 33 heavy (non-hydrogen) atoms. The molecule has 1 unspecified atom stereocenters. The summed E-state index contributed by atoms with van der Waals surface area (Å²) in [5, 5.41) is 0. The molecule has 2 amide bonds. The highest BCUT2D eigenvalue weighted by Crippen LogP contribution is 2.33. The summed E-state index contributed by atoms with van der Waals surface area (Å²) in [6.07, 6.45) is -5.48. The SMILES string of the molecule is Nc1ccc(C(OCC(F)(F)F)C(=O)N2CCC(N3C(=O)OCc4ccccc43)CC2)cc1. The molecule has 2 aliphatic heterocycles. The van der Waals surface area contributed by atoms with Crippen molar-refractivity contribution in [1.82, 2.24) is 4.90 Å². The van der Waals surface area contributed by atoms with Crippen molar-refractivity contribution in [1.29, 1.82) is 0 Å². The second kappa shape index (κ2) is 9.30. The van der Waals surface area contributed by atoms with Gasteiger partial charge >= 0.3 is 12.3 Å². The Labute approximate surface area is 188 Å². The summed E-state index contributed by atoms with van der Waals surface area (Å²) in [4.78, 5) is 28.7. The molecule has 0 aliphatic carbocycles. The standard InChI is InChI=1S/C23H24F3N3O4/c24-23(25,26)14-33-20(15-5-7-17(27)8-6-15)21(30)28-11-9-18(10-12-28)29-19-4-2-1-3-16(19)13-32-22(29)31/h1-8,18,20H,9-14,27H2. The highest BCUT2D eigenvalue weighted by molar-refractivity contribution is 5.91. The number of hydrogen-bond acceptors (Lipinski definition) is 5. The van der Waals surface area contributed by atoms with E-state index in [1.165, 1.54) is 29.2 Å². The Hall–Kier alpha value is -3.27. The topological polar surface area (TPSA) is 85.1 Å². The average molecular weight is 463 g/mol. The van der Waals surface area contributed by atoms with Crippen molar-refractivity contribution >= 4 is 23.4 Å². The van der Waals surface area contributed by atoms with Crippen molar-refractivity contribution < 1.29 is 32.2 Å². The van der Waals surface area contributed by atoms with Crippen LogP contribution in [0.3, 0.4) is 0 Å². The van der Waals surface area contributed by atoms with Gasteiger partial charge in [0.1, 0.15) is 13.2 Å². The Bertz CT molecular complexity index is 1000. The van der Waals surface area contributed by atoms with Crippen LogP contribution < -0.4 is 10.6 Å². The van der Waals surface area contributed by atoms with E-state index in [4.69, 9.17) is 15.2 Å². The van der Waals surface area contributed by atoms with Gasteiger partial charge in [-0.3, -0.25) is 9.69 Å². The number of likely N-dealkylation sites (tertiary alicyclic amines) is 1. The predicted octanol–water partition coefficient (Wildman–Crippen LogP) is 4.04. The minimum absolute atomic E-state index is 0.186. The van der Waals surface area contributed by atoms with Gasteiger partial charge in [0.2, 0.25) is 0 Å². The van der Waals surface area contributed by atoms with E-state index in [1.807, 2.05) is 24.3 Å². The number of carbonyl (C=O) groups is 2. The molecule has 1 fully saturated rings. The first-order valence-electron chi connectivity index (χ1n) is 10.6. The van der Waals surface area contributed by atoms with Crippen LogP contribution in [0.4, 0.5) is 29.3 Å². The maximum Gasteiger partial charge on any atom is 0.414 e. The number of cyclic esters (lactones) is 1. The normalized spacial score (nSPS) is 18.0. The molecule has 0 bridgehead atoms. The third kappa shape index (κ3) is 5.22. The molecule has 0 aromatic heterocycles. The Morgan fingerprint density at radius 2 is 1.79 bits per heavy atom. The first-order valence-corrected chi connectivity index (χ1v) is 10.6. The molecule has 1 saturated heterocycles. The number of piperidine rings is 1. The van der Waals surface area contributed by atoms with Crippen LogP contribution in [-0.2, 0) is 20.9 Å². The number of benzene rings is 2.